The maximum atomic E-state index is 12.3. The molecule has 0 atom stereocenters. The molecule has 0 saturated carbocycles. The Labute approximate surface area is 119 Å². The summed E-state index contributed by atoms with van der Waals surface area (Å²) in [7, 11) is -2.23. The van der Waals surface area contributed by atoms with E-state index in [1.54, 1.807) is 0 Å². The van der Waals surface area contributed by atoms with Gasteiger partial charge in [0.05, 0.1) is 0 Å². The van der Waals surface area contributed by atoms with Gasteiger partial charge in [0, 0.05) is 5.30 Å². The van der Waals surface area contributed by atoms with Crippen molar-refractivity contribution in [3.05, 3.63) is 66.7 Å². The minimum atomic E-state index is -2.23. The van der Waals surface area contributed by atoms with E-state index in [2.05, 4.69) is 54.6 Å². The molecule has 0 heterocycles. The Morgan fingerprint density at radius 3 is 2.30 bits per heavy atom. The molecule has 0 aliphatic rings. The van der Waals surface area contributed by atoms with E-state index in [1.807, 2.05) is 25.5 Å². The topological polar surface area (TPSA) is 17.1 Å². The zero-order valence-electron chi connectivity index (χ0n) is 11.7. The van der Waals surface area contributed by atoms with Crippen LogP contribution < -0.4 is 5.30 Å². The highest BCUT2D eigenvalue weighted by Crippen LogP contribution is 2.36. The molecule has 0 radical (unpaired) electrons. The van der Waals surface area contributed by atoms with Crippen molar-refractivity contribution in [3.63, 3.8) is 0 Å². The average Bonchev–Trinajstić information content (AvgIpc) is 2.46. The van der Waals surface area contributed by atoms with Crippen LogP contribution in [0.4, 0.5) is 0 Å². The molecule has 0 N–H and O–H groups in total. The van der Waals surface area contributed by atoms with Crippen LogP contribution in [0.2, 0.25) is 0 Å². The van der Waals surface area contributed by atoms with E-state index in [0.29, 0.717) is 0 Å². The predicted molar refractivity (Wildman–Crippen MR) is 88.5 cm³/mol. The van der Waals surface area contributed by atoms with Gasteiger partial charge in [-0.05, 0) is 41.3 Å². The van der Waals surface area contributed by atoms with Crippen molar-refractivity contribution in [2.24, 2.45) is 0 Å². The first kappa shape index (κ1) is 13.1. The molecule has 0 saturated heterocycles. The fourth-order valence-electron chi connectivity index (χ4n) is 2.49. The second-order valence-electron chi connectivity index (χ2n) is 5.43. The van der Waals surface area contributed by atoms with E-state index in [4.69, 9.17) is 0 Å². The molecule has 3 rings (SSSR count). The van der Waals surface area contributed by atoms with Gasteiger partial charge in [0.25, 0.3) is 0 Å². The number of hydrogen-bond donors (Lipinski definition) is 0. The summed E-state index contributed by atoms with van der Waals surface area (Å²) in [5.74, 6) is 0. The second kappa shape index (κ2) is 4.92. The average molecular weight is 280 g/mol. The van der Waals surface area contributed by atoms with Crippen molar-refractivity contribution in [2.75, 3.05) is 13.3 Å². The van der Waals surface area contributed by atoms with Crippen molar-refractivity contribution in [1.29, 1.82) is 0 Å². The third-order valence-electron chi connectivity index (χ3n) is 3.57. The van der Waals surface area contributed by atoms with Crippen molar-refractivity contribution in [2.45, 2.75) is 0 Å². The fourth-order valence-corrected chi connectivity index (χ4v) is 3.38. The number of hydrogen-bond acceptors (Lipinski definition) is 1. The highest BCUT2D eigenvalue weighted by Gasteiger charge is 2.12. The summed E-state index contributed by atoms with van der Waals surface area (Å²) in [6.07, 6.45) is 0. The Morgan fingerprint density at radius 1 is 0.800 bits per heavy atom. The van der Waals surface area contributed by atoms with E-state index in [0.717, 1.165) is 10.9 Å². The van der Waals surface area contributed by atoms with Gasteiger partial charge < -0.3 is 4.57 Å². The zero-order valence-corrected chi connectivity index (χ0v) is 12.6. The van der Waals surface area contributed by atoms with Gasteiger partial charge in [0.2, 0.25) is 0 Å². The highest BCUT2D eigenvalue weighted by molar-refractivity contribution is 7.70. The van der Waals surface area contributed by atoms with Gasteiger partial charge in [-0.3, -0.25) is 0 Å². The Bertz CT molecular complexity index is 809. The minimum absolute atomic E-state index is 0.933. The van der Waals surface area contributed by atoms with Crippen molar-refractivity contribution < 1.29 is 4.57 Å². The SMILES string of the molecule is CP(C)(=O)c1cccc(-c2cccc3ccccc23)c1. The molecule has 0 aromatic heterocycles. The van der Waals surface area contributed by atoms with Gasteiger partial charge in [-0.2, -0.15) is 0 Å². The van der Waals surface area contributed by atoms with Crippen LogP contribution in [-0.2, 0) is 4.57 Å². The molecule has 0 fully saturated rings. The largest absolute Gasteiger partial charge is 0.319 e. The summed E-state index contributed by atoms with van der Waals surface area (Å²) in [5.41, 5.74) is 2.32. The van der Waals surface area contributed by atoms with Crippen molar-refractivity contribution in [3.8, 4) is 11.1 Å². The molecule has 20 heavy (non-hydrogen) atoms. The molecule has 0 spiro atoms. The Kier molecular flexibility index (Phi) is 3.23. The Morgan fingerprint density at radius 2 is 1.50 bits per heavy atom. The quantitative estimate of drug-likeness (QED) is 0.619. The van der Waals surface area contributed by atoms with Crippen LogP contribution in [0.15, 0.2) is 66.7 Å². The van der Waals surface area contributed by atoms with E-state index in [9.17, 15) is 4.57 Å². The molecule has 1 nitrogen and oxygen atoms in total. The lowest BCUT2D eigenvalue weighted by Crippen LogP contribution is -2.02. The van der Waals surface area contributed by atoms with Crippen LogP contribution in [0, 0.1) is 0 Å². The van der Waals surface area contributed by atoms with Crippen LogP contribution in [0.1, 0.15) is 0 Å². The van der Waals surface area contributed by atoms with Crippen LogP contribution in [0.3, 0.4) is 0 Å². The van der Waals surface area contributed by atoms with Gasteiger partial charge in [-0.1, -0.05) is 60.7 Å². The number of fused-ring (bicyclic) bond motifs is 1. The molecule has 2 heteroatoms. The minimum Gasteiger partial charge on any atom is -0.319 e. The first-order valence-corrected chi connectivity index (χ1v) is 9.29. The number of rotatable bonds is 2. The molecule has 0 aliphatic heterocycles. The second-order valence-corrected chi connectivity index (χ2v) is 8.65. The molecule has 3 aromatic carbocycles. The third kappa shape index (κ3) is 2.42. The van der Waals surface area contributed by atoms with Gasteiger partial charge in [0.1, 0.15) is 7.14 Å². The summed E-state index contributed by atoms with van der Waals surface area (Å²) in [5, 5.41) is 3.39. The zero-order chi connectivity index (χ0) is 14.2. The first-order valence-electron chi connectivity index (χ1n) is 6.69. The van der Waals surface area contributed by atoms with Crippen LogP contribution in [-0.4, -0.2) is 13.3 Å². The normalized spacial score (nSPS) is 11.7. The smallest absolute Gasteiger partial charge is 0.109 e. The summed E-state index contributed by atoms with van der Waals surface area (Å²) in [6, 6.07) is 22.8. The van der Waals surface area contributed by atoms with Crippen molar-refractivity contribution in [1.82, 2.24) is 0 Å². The molecular formula is C18H17OP. The summed E-state index contributed by atoms with van der Waals surface area (Å²) in [6.45, 7) is 3.63. The van der Waals surface area contributed by atoms with E-state index in [-0.39, 0.29) is 0 Å². The van der Waals surface area contributed by atoms with Gasteiger partial charge in [-0.25, -0.2) is 0 Å². The summed E-state index contributed by atoms with van der Waals surface area (Å²) >= 11 is 0. The van der Waals surface area contributed by atoms with Gasteiger partial charge in [0.15, 0.2) is 0 Å². The van der Waals surface area contributed by atoms with Crippen LogP contribution in [0.25, 0.3) is 21.9 Å². The van der Waals surface area contributed by atoms with E-state index >= 15 is 0 Å². The lowest BCUT2D eigenvalue weighted by Gasteiger charge is -2.11. The molecular weight excluding hydrogens is 263 g/mol. The fraction of sp³-hybridized carbons (Fsp3) is 0.111. The number of benzene rings is 3. The molecule has 0 amide bonds. The molecule has 0 unspecified atom stereocenters. The third-order valence-corrected chi connectivity index (χ3v) is 5.09. The Balaban J connectivity index is 2.24. The van der Waals surface area contributed by atoms with Crippen LogP contribution >= 0.6 is 7.14 Å². The summed E-state index contributed by atoms with van der Waals surface area (Å²) in [4.78, 5) is 0. The maximum absolute atomic E-state index is 12.3. The van der Waals surface area contributed by atoms with E-state index < -0.39 is 7.14 Å². The predicted octanol–water partition coefficient (Wildman–Crippen LogP) is 4.75. The first-order chi connectivity index (χ1) is 9.55. The summed E-state index contributed by atoms with van der Waals surface area (Å²) < 4.78 is 12.3. The maximum Gasteiger partial charge on any atom is 0.109 e. The highest BCUT2D eigenvalue weighted by atomic mass is 31.2. The van der Waals surface area contributed by atoms with Crippen LogP contribution in [0.5, 0.6) is 0 Å². The molecule has 100 valence electrons. The van der Waals surface area contributed by atoms with Gasteiger partial charge >= 0.3 is 0 Å². The standard InChI is InChI=1S/C18H17OP/c1-20(2,19)16-10-5-9-15(13-16)18-12-6-8-14-7-3-4-11-17(14)18/h3-13H,1-2H3. The van der Waals surface area contributed by atoms with E-state index in [1.165, 1.54) is 16.3 Å². The monoisotopic (exact) mass is 280 g/mol. The lowest BCUT2D eigenvalue weighted by atomic mass is 9.98. The molecule has 0 bridgehead atoms. The lowest BCUT2D eigenvalue weighted by molar-refractivity contribution is 0.588. The Hall–Kier alpha value is -1.85. The molecule has 3 aromatic rings. The molecule has 0 aliphatic carbocycles. The van der Waals surface area contributed by atoms with Gasteiger partial charge in [-0.15, -0.1) is 0 Å². The van der Waals surface area contributed by atoms with Crippen molar-refractivity contribution >= 4 is 23.2 Å².